The van der Waals surface area contributed by atoms with Crippen LogP contribution in [0.2, 0.25) is 0 Å². The Balaban J connectivity index is 1.82. The fourth-order valence-electron chi connectivity index (χ4n) is 5.52. The maximum Gasteiger partial charge on any atom is 0.416 e. The van der Waals surface area contributed by atoms with Gasteiger partial charge in [0.2, 0.25) is 5.96 Å². The van der Waals surface area contributed by atoms with Crippen LogP contribution in [0.1, 0.15) is 54.9 Å². The van der Waals surface area contributed by atoms with Gasteiger partial charge in [0.25, 0.3) is 0 Å². The van der Waals surface area contributed by atoms with E-state index in [1.54, 1.807) is 14.1 Å². The van der Waals surface area contributed by atoms with Crippen LogP contribution < -0.4 is 4.90 Å². The molecule has 0 saturated heterocycles. The molecule has 12 heteroatoms. The first-order valence-corrected chi connectivity index (χ1v) is 14.2. The van der Waals surface area contributed by atoms with Gasteiger partial charge in [0.05, 0.1) is 16.6 Å². The van der Waals surface area contributed by atoms with Crippen LogP contribution in [-0.4, -0.2) is 54.8 Å². The molecule has 0 spiro atoms. The maximum atomic E-state index is 13.7. The molecule has 1 saturated carbocycles. The van der Waals surface area contributed by atoms with Crippen molar-refractivity contribution >= 4 is 29.4 Å². The minimum Gasteiger partial charge on any atom is -0.356 e. The van der Waals surface area contributed by atoms with Crippen molar-refractivity contribution in [2.45, 2.75) is 58.0 Å². The largest absolute Gasteiger partial charge is 0.416 e. The molecule has 0 N–H and O–H groups in total. The van der Waals surface area contributed by atoms with Gasteiger partial charge in [0.1, 0.15) is 5.82 Å². The summed E-state index contributed by atoms with van der Waals surface area (Å²) in [6, 6.07) is 11.2. The SMILES string of the molecule is C=N/C(=N\N(C)C)N(Cc1cc(C(F)(F)F)cc(C(F)(F)F)c1)Cc1cc2ccccc2nc1N(CC)CC1CCCC1. The van der Waals surface area contributed by atoms with Gasteiger partial charge in [-0.1, -0.05) is 31.0 Å². The fourth-order valence-corrected chi connectivity index (χ4v) is 5.52. The lowest BCUT2D eigenvalue weighted by Crippen LogP contribution is -2.34. The molecule has 43 heavy (non-hydrogen) atoms. The van der Waals surface area contributed by atoms with Crippen LogP contribution in [0.25, 0.3) is 10.9 Å². The van der Waals surface area contributed by atoms with Crippen molar-refractivity contribution in [2.75, 3.05) is 32.1 Å². The third kappa shape index (κ3) is 8.17. The van der Waals surface area contributed by atoms with E-state index in [9.17, 15) is 26.3 Å². The number of para-hydroxylation sites is 1. The van der Waals surface area contributed by atoms with Crippen LogP contribution in [0.15, 0.2) is 58.6 Å². The second kappa shape index (κ2) is 13.2. The number of aliphatic imine (C=N–C) groups is 1. The average Bonchev–Trinajstić information content (AvgIpc) is 3.46. The van der Waals surface area contributed by atoms with Gasteiger partial charge >= 0.3 is 12.4 Å². The molecule has 3 aromatic rings. The zero-order valence-electron chi connectivity index (χ0n) is 24.5. The minimum atomic E-state index is -4.96. The van der Waals surface area contributed by atoms with E-state index in [2.05, 4.69) is 21.7 Å². The second-order valence-electron chi connectivity index (χ2n) is 11.0. The number of hydrazone groups is 1. The highest BCUT2D eigenvalue weighted by atomic mass is 19.4. The zero-order chi connectivity index (χ0) is 31.4. The first kappa shape index (κ1) is 32.1. The number of hydrogen-bond acceptors (Lipinski definition) is 4. The number of rotatable bonds is 9. The third-order valence-corrected chi connectivity index (χ3v) is 7.51. The van der Waals surface area contributed by atoms with Gasteiger partial charge in [0.15, 0.2) is 0 Å². The van der Waals surface area contributed by atoms with Crippen molar-refractivity contribution in [3.63, 3.8) is 0 Å². The predicted octanol–water partition coefficient (Wildman–Crippen LogP) is 7.82. The van der Waals surface area contributed by atoms with Crippen molar-refractivity contribution in [1.82, 2.24) is 14.9 Å². The van der Waals surface area contributed by atoms with E-state index in [0.717, 1.165) is 48.0 Å². The molecule has 0 bridgehead atoms. The molecule has 1 heterocycles. The van der Waals surface area contributed by atoms with Crippen LogP contribution >= 0.6 is 0 Å². The maximum absolute atomic E-state index is 13.7. The quantitative estimate of drug-likeness (QED) is 0.108. The highest BCUT2D eigenvalue weighted by molar-refractivity contribution is 5.85. The Bertz CT molecular complexity index is 1410. The van der Waals surface area contributed by atoms with E-state index < -0.39 is 23.5 Å². The molecule has 0 aliphatic heterocycles. The summed E-state index contributed by atoms with van der Waals surface area (Å²) in [5, 5.41) is 6.64. The average molecular weight is 607 g/mol. The van der Waals surface area contributed by atoms with Crippen molar-refractivity contribution in [1.29, 1.82) is 0 Å². The van der Waals surface area contributed by atoms with Crippen molar-refractivity contribution in [3.8, 4) is 0 Å². The van der Waals surface area contributed by atoms with Crippen LogP contribution in [0.3, 0.4) is 0 Å². The van der Waals surface area contributed by atoms with Gasteiger partial charge in [0, 0.05) is 51.2 Å². The van der Waals surface area contributed by atoms with Crippen molar-refractivity contribution in [3.05, 3.63) is 70.8 Å². The number of guanidine groups is 1. The smallest absolute Gasteiger partial charge is 0.356 e. The molecular weight excluding hydrogens is 570 g/mol. The lowest BCUT2D eigenvalue weighted by molar-refractivity contribution is -0.143. The van der Waals surface area contributed by atoms with Crippen LogP contribution in [0.5, 0.6) is 0 Å². The Hall–Kier alpha value is -3.83. The Kier molecular flexibility index (Phi) is 9.86. The van der Waals surface area contributed by atoms with Gasteiger partial charge in [-0.3, -0.25) is 5.01 Å². The Morgan fingerprint density at radius 1 is 0.930 bits per heavy atom. The Morgan fingerprint density at radius 3 is 2.12 bits per heavy atom. The summed E-state index contributed by atoms with van der Waals surface area (Å²) in [5.41, 5.74) is -1.41. The van der Waals surface area contributed by atoms with E-state index in [1.165, 1.54) is 22.8 Å². The summed E-state index contributed by atoms with van der Waals surface area (Å²) in [5.74, 6) is 1.28. The molecule has 0 unspecified atom stereocenters. The van der Waals surface area contributed by atoms with Crippen molar-refractivity contribution < 1.29 is 26.3 Å². The summed E-state index contributed by atoms with van der Waals surface area (Å²) in [6.45, 7) is 6.84. The van der Waals surface area contributed by atoms with Crippen molar-refractivity contribution in [2.24, 2.45) is 16.0 Å². The van der Waals surface area contributed by atoms with Gasteiger partial charge in [-0.2, -0.15) is 26.3 Å². The topological polar surface area (TPSA) is 47.3 Å². The number of fused-ring (bicyclic) bond motifs is 1. The molecule has 0 amide bonds. The molecule has 0 atom stereocenters. The summed E-state index contributed by atoms with van der Waals surface area (Å²) < 4.78 is 82.0. The molecule has 1 aliphatic rings. The zero-order valence-corrected chi connectivity index (χ0v) is 24.5. The number of anilines is 1. The molecule has 0 radical (unpaired) electrons. The number of alkyl halides is 6. The number of halogens is 6. The Morgan fingerprint density at radius 2 is 1.56 bits per heavy atom. The summed E-state index contributed by atoms with van der Waals surface area (Å²) >= 11 is 0. The highest BCUT2D eigenvalue weighted by Crippen LogP contribution is 2.37. The number of nitrogens with zero attached hydrogens (tertiary/aromatic N) is 6. The lowest BCUT2D eigenvalue weighted by atomic mass is 10.0. The first-order chi connectivity index (χ1) is 20.3. The third-order valence-electron chi connectivity index (χ3n) is 7.51. The highest BCUT2D eigenvalue weighted by Gasteiger charge is 2.37. The fraction of sp³-hybridized carbons (Fsp3) is 0.452. The van der Waals surface area contributed by atoms with E-state index in [-0.39, 0.29) is 30.7 Å². The standard InChI is InChI=1S/C31H36F6N6/c1-5-42(18-21-10-6-7-11-21)28-24(16-23-12-8-9-13-27(23)39-28)20-43(29(38-2)40-41(3)4)19-22-14-25(30(32,33)34)17-26(15-22)31(35,36)37/h8-9,12-17,21H,2,5-7,10-11,18-20H2,1,3-4H3/b40-29+. The van der Waals surface area contributed by atoms with Gasteiger partial charge in [-0.15, -0.1) is 5.10 Å². The van der Waals surface area contributed by atoms with Crippen LogP contribution in [0, 0.1) is 5.92 Å². The van der Waals surface area contributed by atoms with E-state index in [0.29, 0.717) is 18.3 Å². The lowest BCUT2D eigenvalue weighted by Gasteiger charge is -2.31. The summed E-state index contributed by atoms with van der Waals surface area (Å²) in [6.07, 6.45) is -5.31. The summed E-state index contributed by atoms with van der Waals surface area (Å²) in [4.78, 5) is 12.7. The number of benzene rings is 2. The molecule has 1 fully saturated rings. The first-order valence-electron chi connectivity index (χ1n) is 14.2. The van der Waals surface area contributed by atoms with Crippen LogP contribution in [0.4, 0.5) is 32.2 Å². The molecule has 2 aromatic carbocycles. The number of aromatic nitrogens is 1. The summed E-state index contributed by atoms with van der Waals surface area (Å²) in [7, 11) is 3.28. The second-order valence-corrected chi connectivity index (χ2v) is 11.0. The van der Waals surface area contributed by atoms with Gasteiger partial charge in [-0.25, -0.2) is 9.98 Å². The number of pyridine rings is 1. The van der Waals surface area contributed by atoms with E-state index in [1.807, 2.05) is 37.3 Å². The van der Waals surface area contributed by atoms with E-state index >= 15 is 0 Å². The van der Waals surface area contributed by atoms with Crippen LogP contribution in [-0.2, 0) is 25.4 Å². The molecular formula is C31H36F6N6. The van der Waals surface area contributed by atoms with Gasteiger partial charge < -0.3 is 9.80 Å². The molecule has 1 aliphatic carbocycles. The van der Waals surface area contributed by atoms with E-state index in [4.69, 9.17) is 4.98 Å². The molecule has 1 aromatic heterocycles. The molecule has 4 rings (SSSR count). The monoisotopic (exact) mass is 606 g/mol. The normalized spacial score (nSPS) is 14.8. The predicted molar refractivity (Wildman–Crippen MR) is 158 cm³/mol. The van der Waals surface area contributed by atoms with Gasteiger partial charge in [-0.05, 0) is 68.3 Å². The minimum absolute atomic E-state index is 0.0499. The number of hydrogen-bond donors (Lipinski definition) is 0. The Labute approximate surface area is 247 Å². The molecule has 232 valence electrons. The molecule has 6 nitrogen and oxygen atoms in total.